The number of rotatable bonds is 7. The molecule has 0 bridgehead atoms. The van der Waals surface area contributed by atoms with Gasteiger partial charge >= 0.3 is 5.97 Å². The van der Waals surface area contributed by atoms with E-state index in [2.05, 4.69) is 5.32 Å². The molecule has 0 saturated carbocycles. The number of aromatic nitrogens is 1. The highest BCUT2D eigenvalue weighted by Gasteiger charge is 2.29. The lowest BCUT2D eigenvalue weighted by Gasteiger charge is -2.17. The largest absolute Gasteiger partial charge is 0.497 e. The van der Waals surface area contributed by atoms with Crippen molar-refractivity contribution in [2.75, 3.05) is 19.5 Å². The first-order valence-electron chi connectivity index (χ1n) is 11.9. The van der Waals surface area contributed by atoms with Gasteiger partial charge < -0.3 is 23.9 Å². The number of nitrogens with zero attached hydrogens (tertiary/aromatic N) is 1. The topological polar surface area (TPSA) is 99.9 Å². The average Bonchev–Trinajstić information content (AvgIpc) is 3.57. The first-order chi connectivity index (χ1) is 18.0. The fourth-order valence-electron chi connectivity index (χ4n) is 4.48. The van der Waals surface area contributed by atoms with Gasteiger partial charge in [-0.3, -0.25) is 4.79 Å². The Morgan fingerprint density at radius 2 is 1.89 bits per heavy atom. The fourth-order valence-corrected chi connectivity index (χ4v) is 4.48. The number of amides is 1. The van der Waals surface area contributed by atoms with Crippen LogP contribution in [0.1, 0.15) is 40.7 Å². The summed E-state index contributed by atoms with van der Waals surface area (Å²) < 4.78 is 21.7. The number of benzene rings is 2. The van der Waals surface area contributed by atoms with Gasteiger partial charge in [-0.25, -0.2) is 9.78 Å². The van der Waals surface area contributed by atoms with Crippen LogP contribution in [0, 0.1) is 0 Å². The third kappa shape index (κ3) is 4.78. The Morgan fingerprint density at radius 1 is 1.05 bits per heavy atom. The predicted octanol–water partition coefficient (Wildman–Crippen LogP) is 5.52. The molecule has 5 rings (SSSR count). The van der Waals surface area contributed by atoms with Crippen LogP contribution in [0.15, 0.2) is 65.3 Å². The van der Waals surface area contributed by atoms with Crippen LogP contribution in [0.3, 0.4) is 0 Å². The Balaban J connectivity index is 1.44. The Kier molecular flexibility index (Phi) is 6.64. The third-order valence-corrected chi connectivity index (χ3v) is 6.32. The van der Waals surface area contributed by atoms with Gasteiger partial charge in [-0.05, 0) is 67.3 Å². The maximum absolute atomic E-state index is 13.5. The van der Waals surface area contributed by atoms with E-state index in [1.165, 1.54) is 21.1 Å². The molecule has 37 heavy (non-hydrogen) atoms. The van der Waals surface area contributed by atoms with Crippen LogP contribution in [0.4, 0.5) is 5.69 Å². The molecule has 8 heteroatoms. The summed E-state index contributed by atoms with van der Waals surface area (Å²) in [5, 5.41) is 3.45. The molecule has 2 aromatic heterocycles. The molecule has 1 N–H and O–H groups in total. The molecule has 4 aromatic rings. The highest BCUT2D eigenvalue weighted by Crippen LogP contribution is 2.38. The lowest BCUT2D eigenvalue weighted by molar-refractivity contribution is -0.123. The Labute approximate surface area is 213 Å². The van der Waals surface area contributed by atoms with Crippen molar-refractivity contribution >= 4 is 40.1 Å². The van der Waals surface area contributed by atoms with E-state index in [9.17, 15) is 9.59 Å². The van der Waals surface area contributed by atoms with Gasteiger partial charge in [-0.15, -0.1) is 0 Å². The smallest absolute Gasteiger partial charge is 0.339 e. The number of ether oxygens (including phenoxy) is 3. The van der Waals surface area contributed by atoms with E-state index in [1.807, 2.05) is 42.5 Å². The molecule has 0 radical (unpaired) electrons. The first kappa shape index (κ1) is 24.1. The number of fused-ring (bicyclic) bond motifs is 2. The quantitative estimate of drug-likeness (QED) is 0.335. The number of anilines is 1. The normalized spacial score (nSPS) is 14.3. The molecule has 0 aliphatic heterocycles. The molecule has 1 aliphatic rings. The van der Waals surface area contributed by atoms with Crippen molar-refractivity contribution in [3.05, 3.63) is 83.4 Å². The number of hydrogen-bond acceptors (Lipinski definition) is 7. The number of pyridine rings is 1. The maximum atomic E-state index is 13.5. The zero-order valence-corrected chi connectivity index (χ0v) is 20.7. The molecule has 0 saturated heterocycles. The second kappa shape index (κ2) is 10.2. The highest BCUT2D eigenvalue weighted by atomic mass is 16.5. The maximum Gasteiger partial charge on any atom is 0.339 e. The Morgan fingerprint density at radius 3 is 2.65 bits per heavy atom. The molecular weight excluding hydrogens is 472 g/mol. The Bertz CT molecular complexity index is 1510. The molecule has 188 valence electrons. The van der Waals surface area contributed by atoms with Crippen molar-refractivity contribution in [3.8, 4) is 11.5 Å². The second-order valence-electron chi connectivity index (χ2n) is 8.62. The molecular formula is C29H26N2O6. The van der Waals surface area contributed by atoms with E-state index in [0.29, 0.717) is 46.5 Å². The standard InChI is InChI=1S/C29H26N2O6/c1-17(28(32)31-24-16-19(34-2)11-13-25(24)35-3)37-29(33)26-21-8-4-5-9-23(21)30-27-18(10-12-22(26)27)15-20-7-6-14-36-20/h4-9,11,13-17H,10,12H2,1-3H3,(H,31,32)/b18-15+. The van der Waals surface area contributed by atoms with Gasteiger partial charge in [0.05, 0.1) is 42.9 Å². The summed E-state index contributed by atoms with van der Waals surface area (Å²) in [4.78, 5) is 31.3. The average molecular weight is 499 g/mol. The summed E-state index contributed by atoms with van der Waals surface area (Å²) in [5.41, 5.74) is 4.07. The van der Waals surface area contributed by atoms with Gasteiger partial charge in [0.2, 0.25) is 0 Å². The number of carbonyl (C=O) groups is 2. The summed E-state index contributed by atoms with van der Waals surface area (Å²) in [6, 6.07) is 16.2. The van der Waals surface area contributed by atoms with Crippen molar-refractivity contribution in [1.82, 2.24) is 4.98 Å². The first-order valence-corrected chi connectivity index (χ1v) is 11.9. The van der Waals surface area contributed by atoms with Crippen LogP contribution in [-0.2, 0) is 16.0 Å². The molecule has 1 aliphatic carbocycles. The van der Waals surface area contributed by atoms with Crippen LogP contribution in [0.2, 0.25) is 0 Å². The molecule has 2 heterocycles. The molecule has 2 aromatic carbocycles. The molecule has 1 atom stereocenters. The van der Waals surface area contributed by atoms with Crippen molar-refractivity contribution in [2.45, 2.75) is 25.9 Å². The van der Waals surface area contributed by atoms with Gasteiger partial charge in [-0.2, -0.15) is 0 Å². The van der Waals surface area contributed by atoms with Crippen molar-refractivity contribution < 1.29 is 28.2 Å². The van der Waals surface area contributed by atoms with Crippen LogP contribution in [0.25, 0.3) is 22.6 Å². The minimum absolute atomic E-state index is 0.415. The number of nitrogens with one attached hydrogen (secondary N) is 1. The zero-order chi connectivity index (χ0) is 25.9. The summed E-state index contributed by atoms with van der Waals surface area (Å²) in [5.74, 6) is 0.669. The second-order valence-corrected chi connectivity index (χ2v) is 8.62. The van der Waals surface area contributed by atoms with Crippen LogP contribution >= 0.6 is 0 Å². The fraction of sp³-hybridized carbons (Fsp3) is 0.207. The third-order valence-electron chi connectivity index (χ3n) is 6.32. The Hall–Kier alpha value is -4.59. The number of hydrogen-bond donors (Lipinski definition) is 1. The lowest BCUT2D eigenvalue weighted by Crippen LogP contribution is -2.30. The lowest BCUT2D eigenvalue weighted by atomic mass is 10.0. The number of furan rings is 1. The predicted molar refractivity (Wildman–Crippen MR) is 140 cm³/mol. The number of allylic oxidation sites excluding steroid dienone is 1. The van der Waals surface area contributed by atoms with Crippen molar-refractivity contribution in [1.29, 1.82) is 0 Å². The van der Waals surface area contributed by atoms with Crippen molar-refractivity contribution in [2.24, 2.45) is 0 Å². The summed E-state index contributed by atoms with van der Waals surface area (Å²) >= 11 is 0. The highest BCUT2D eigenvalue weighted by molar-refractivity contribution is 6.08. The van der Waals surface area contributed by atoms with Crippen LogP contribution in [0.5, 0.6) is 11.5 Å². The summed E-state index contributed by atoms with van der Waals surface area (Å²) in [6.07, 6.45) is 3.84. The number of esters is 1. The molecule has 1 unspecified atom stereocenters. The van der Waals surface area contributed by atoms with Crippen LogP contribution < -0.4 is 14.8 Å². The van der Waals surface area contributed by atoms with Crippen LogP contribution in [-0.4, -0.2) is 37.2 Å². The van der Waals surface area contributed by atoms with E-state index in [1.54, 1.807) is 24.5 Å². The van der Waals surface area contributed by atoms with Gasteiger partial charge in [-0.1, -0.05) is 18.2 Å². The van der Waals surface area contributed by atoms with Gasteiger partial charge in [0, 0.05) is 11.5 Å². The van der Waals surface area contributed by atoms with Gasteiger partial charge in [0.25, 0.3) is 5.91 Å². The minimum atomic E-state index is -1.06. The number of methoxy groups -OCH3 is 2. The molecule has 8 nitrogen and oxygen atoms in total. The number of carbonyl (C=O) groups excluding carboxylic acids is 2. The van der Waals surface area contributed by atoms with E-state index < -0.39 is 18.0 Å². The monoisotopic (exact) mass is 498 g/mol. The van der Waals surface area contributed by atoms with E-state index in [-0.39, 0.29) is 0 Å². The van der Waals surface area contributed by atoms with E-state index in [0.717, 1.165) is 22.6 Å². The van der Waals surface area contributed by atoms with Gasteiger partial charge in [0.15, 0.2) is 6.10 Å². The van der Waals surface area contributed by atoms with E-state index >= 15 is 0 Å². The summed E-state index contributed by atoms with van der Waals surface area (Å²) in [7, 11) is 3.04. The molecule has 0 fully saturated rings. The minimum Gasteiger partial charge on any atom is -0.497 e. The van der Waals surface area contributed by atoms with E-state index in [4.69, 9.17) is 23.6 Å². The van der Waals surface area contributed by atoms with Crippen molar-refractivity contribution in [3.63, 3.8) is 0 Å². The molecule has 1 amide bonds. The number of para-hydroxylation sites is 1. The SMILES string of the molecule is COc1ccc(OC)c(NC(=O)C(C)OC(=O)c2c3c(nc4ccccc24)/C(=C/c2ccco2)CC3)c1. The molecule has 0 spiro atoms. The zero-order valence-electron chi connectivity index (χ0n) is 20.7. The van der Waals surface area contributed by atoms with Gasteiger partial charge in [0.1, 0.15) is 17.3 Å². The summed E-state index contributed by atoms with van der Waals surface area (Å²) in [6.45, 7) is 1.53.